The lowest BCUT2D eigenvalue weighted by molar-refractivity contribution is -0.123. The van der Waals surface area contributed by atoms with Crippen molar-refractivity contribution in [2.75, 3.05) is 13.7 Å². The molecule has 1 saturated carbocycles. The van der Waals surface area contributed by atoms with Crippen molar-refractivity contribution in [3.05, 3.63) is 29.8 Å². The number of hydrogen-bond donors (Lipinski definition) is 2. The van der Waals surface area contributed by atoms with E-state index in [1.807, 2.05) is 24.3 Å². The number of carbonyl (C=O) groups excluding carboxylic acids is 1. The Balaban J connectivity index is 1.90. The zero-order valence-corrected chi connectivity index (χ0v) is 10.7. The molecule has 1 aliphatic carbocycles. The van der Waals surface area contributed by atoms with Gasteiger partial charge in [0.25, 0.3) is 0 Å². The van der Waals surface area contributed by atoms with Crippen LogP contribution < -0.4 is 15.8 Å². The van der Waals surface area contributed by atoms with E-state index in [-0.39, 0.29) is 11.4 Å². The van der Waals surface area contributed by atoms with E-state index in [4.69, 9.17) is 10.5 Å². The van der Waals surface area contributed by atoms with Crippen LogP contribution in [0, 0.1) is 0 Å². The first-order chi connectivity index (χ1) is 8.67. The predicted molar refractivity (Wildman–Crippen MR) is 70.5 cm³/mol. The van der Waals surface area contributed by atoms with Crippen LogP contribution in [0.1, 0.15) is 24.8 Å². The van der Waals surface area contributed by atoms with Crippen molar-refractivity contribution >= 4 is 5.91 Å². The zero-order chi connectivity index (χ0) is 13.0. The summed E-state index contributed by atoms with van der Waals surface area (Å²) in [6.07, 6.45) is 3.54. The Morgan fingerprint density at radius 3 is 2.50 bits per heavy atom. The molecule has 1 aromatic rings. The third-order valence-corrected chi connectivity index (χ3v) is 3.63. The lowest BCUT2D eigenvalue weighted by Gasteiger charge is -2.41. The van der Waals surface area contributed by atoms with E-state index in [1.165, 1.54) is 0 Å². The molecule has 1 aromatic carbocycles. The third-order valence-electron chi connectivity index (χ3n) is 3.63. The summed E-state index contributed by atoms with van der Waals surface area (Å²) in [6.45, 7) is 0.529. The minimum atomic E-state index is -0.135. The predicted octanol–water partition coefficient (Wildman–Crippen LogP) is 1.24. The van der Waals surface area contributed by atoms with Crippen LogP contribution in [0.25, 0.3) is 0 Å². The fourth-order valence-corrected chi connectivity index (χ4v) is 2.25. The molecule has 1 amide bonds. The molecule has 0 radical (unpaired) electrons. The Morgan fingerprint density at radius 1 is 1.39 bits per heavy atom. The highest BCUT2D eigenvalue weighted by molar-refractivity contribution is 5.79. The first-order valence-corrected chi connectivity index (χ1v) is 6.31. The molecule has 4 heteroatoms. The van der Waals surface area contributed by atoms with Crippen LogP contribution in [-0.4, -0.2) is 25.1 Å². The average molecular weight is 248 g/mol. The number of benzene rings is 1. The van der Waals surface area contributed by atoms with Crippen LogP contribution in [0.4, 0.5) is 0 Å². The number of nitrogens with one attached hydrogen (secondary N) is 1. The first kappa shape index (κ1) is 12.9. The molecule has 98 valence electrons. The van der Waals surface area contributed by atoms with Gasteiger partial charge < -0.3 is 15.8 Å². The van der Waals surface area contributed by atoms with Crippen molar-refractivity contribution in [1.29, 1.82) is 0 Å². The maximum Gasteiger partial charge on any atom is 0.224 e. The van der Waals surface area contributed by atoms with Crippen molar-refractivity contribution in [2.24, 2.45) is 5.73 Å². The van der Waals surface area contributed by atoms with Gasteiger partial charge in [-0.15, -0.1) is 0 Å². The van der Waals surface area contributed by atoms with E-state index in [0.717, 1.165) is 30.6 Å². The maximum atomic E-state index is 11.9. The van der Waals surface area contributed by atoms with Crippen LogP contribution in [0.3, 0.4) is 0 Å². The Kier molecular flexibility index (Phi) is 3.87. The highest BCUT2D eigenvalue weighted by Crippen LogP contribution is 2.30. The van der Waals surface area contributed by atoms with Crippen molar-refractivity contribution < 1.29 is 9.53 Å². The summed E-state index contributed by atoms with van der Waals surface area (Å²) in [7, 11) is 1.63. The molecule has 0 heterocycles. The molecular weight excluding hydrogens is 228 g/mol. The molecule has 1 fully saturated rings. The maximum absolute atomic E-state index is 11.9. The number of carbonyl (C=O) groups is 1. The standard InChI is InChI=1S/C14H20N2O2/c1-18-12-5-3-11(4-6-12)9-13(17)16-14(10-15)7-2-8-14/h3-6H,2,7-10,15H2,1H3,(H,16,17). The molecule has 0 aromatic heterocycles. The summed E-state index contributed by atoms with van der Waals surface area (Å²) >= 11 is 0. The van der Waals surface area contributed by atoms with Gasteiger partial charge in [-0.25, -0.2) is 0 Å². The highest BCUT2D eigenvalue weighted by atomic mass is 16.5. The lowest BCUT2D eigenvalue weighted by Crippen LogP contribution is -2.58. The van der Waals surface area contributed by atoms with Crippen LogP contribution in [-0.2, 0) is 11.2 Å². The van der Waals surface area contributed by atoms with E-state index in [1.54, 1.807) is 7.11 Å². The van der Waals surface area contributed by atoms with Gasteiger partial charge in [0.15, 0.2) is 0 Å². The summed E-state index contributed by atoms with van der Waals surface area (Å²) in [5.74, 6) is 0.849. The summed E-state index contributed by atoms with van der Waals surface area (Å²) in [5.41, 5.74) is 6.57. The molecule has 3 N–H and O–H groups in total. The molecule has 2 rings (SSSR count). The van der Waals surface area contributed by atoms with Crippen molar-refractivity contribution in [1.82, 2.24) is 5.32 Å². The summed E-state index contributed by atoms with van der Waals surface area (Å²) in [4.78, 5) is 11.9. The van der Waals surface area contributed by atoms with Gasteiger partial charge >= 0.3 is 0 Å². The van der Waals surface area contributed by atoms with E-state index in [9.17, 15) is 4.79 Å². The number of amides is 1. The first-order valence-electron chi connectivity index (χ1n) is 6.31. The summed E-state index contributed by atoms with van der Waals surface area (Å²) in [6, 6.07) is 7.55. The van der Waals surface area contributed by atoms with Gasteiger partial charge in [0.2, 0.25) is 5.91 Å². The van der Waals surface area contributed by atoms with Crippen LogP contribution >= 0.6 is 0 Å². The normalized spacial score (nSPS) is 16.8. The molecule has 0 saturated heterocycles. The molecule has 0 bridgehead atoms. The van der Waals surface area contributed by atoms with Gasteiger partial charge in [-0.1, -0.05) is 12.1 Å². The smallest absolute Gasteiger partial charge is 0.224 e. The minimum Gasteiger partial charge on any atom is -0.497 e. The Bertz CT molecular complexity index is 405. The van der Waals surface area contributed by atoms with Crippen LogP contribution in [0.5, 0.6) is 5.75 Å². The number of rotatable bonds is 5. The average Bonchev–Trinajstić information content (AvgIpc) is 2.35. The molecule has 0 unspecified atom stereocenters. The Morgan fingerprint density at radius 2 is 2.06 bits per heavy atom. The van der Waals surface area contributed by atoms with Crippen LogP contribution in [0.15, 0.2) is 24.3 Å². The van der Waals surface area contributed by atoms with E-state index in [0.29, 0.717) is 13.0 Å². The second kappa shape index (κ2) is 5.40. The van der Waals surface area contributed by atoms with E-state index < -0.39 is 0 Å². The van der Waals surface area contributed by atoms with Gasteiger partial charge in [0, 0.05) is 6.54 Å². The van der Waals surface area contributed by atoms with Gasteiger partial charge in [-0.2, -0.15) is 0 Å². The van der Waals surface area contributed by atoms with Crippen molar-refractivity contribution in [3.8, 4) is 5.75 Å². The number of methoxy groups -OCH3 is 1. The lowest BCUT2D eigenvalue weighted by atomic mass is 9.76. The van der Waals surface area contributed by atoms with Gasteiger partial charge in [0.05, 0.1) is 19.1 Å². The van der Waals surface area contributed by atoms with Crippen LogP contribution in [0.2, 0.25) is 0 Å². The van der Waals surface area contributed by atoms with E-state index >= 15 is 0 Å². The molecule has 1 aliphatic rings. The fourth-order valence-electron chi connectivity index (χ4n) is 2.25. The van der Waals surface area contributed by atoms with Crippen molar-refractivity contribution in [3.63, 3.8) is 0 Å². The van der Waals surface area contributed by atoms with Gasteiger partial charge in [-0.3, -0.25) is 4.79 Å². The van der Waals surface area contributed by atoms with Gasteiger partial charge in [0.1, 0.15) is 5.75 Å². The topological polar surface area (TPSA) is 64.3 Å². The second-order valence-corrected chi connectivity index (χ2v) is 4.91. The quantitative estimate of drug-likeness (QED) is 0.824. The Hall–Kier alpha value is -1.55. The molecule has 0 aliphatic heterocycles. The number of ether oxygens (including phenoxy) is 1. The Labute approximate surface area is 108 Å². The number of nitrogens with two attached hydrogens (primary N) is 1. The van der Waals surface area contributed by atoms with Crippen molar-refractivity contribution in [2.45, 2.75) is 31.2 Å². The SMILES string of the molecule is COc1ccc(CC(=O)NC2(CN)CCC2)cc1. The van der Waals surface area contributed by atoms with E-state index in [2.05, 4.69) is 5.32 Å². The second-order valence-electron chi connectivity index (χ2n) is 4.91. The highest BCUT2D eigenvalue weighted by Gasteiger charge is 2.36. The molecular formula is C14H20N2O2. The summed E-state index contributed by atoms with van der Waals surface area (Å²) < 4.78 is 5.08. The van der Waals surface area contributed by atoms with Gasteiger partial charge in [-0.05, 0) is 37.0 Å². The zero-order valence-electron chi connectivity index (χ0n) is 10.7. The molecule has 0 atom stereocenters. The summed E-state index contributed by atoms with van der Waals surface area (Å²) in [5, 5.41) is 3.06. The largest absolute Gasteiger partial charge is 0.497 e. The minimum absolute atomic E-state index is 0.0466. The monoisotopic (exact) mass is 248 g/mol. The molecule has 0 spiro atoms. The molecule has 18 heavy (non-hydrogen) atoms. The third kappa shape index (κ3) is 2.82. The molecule has 4 nitrogen and oxygen atoms in total. The number of hydrogen-bond acceptors (Lipinski definition) is 3. The fraction of sp³-hybridized carbons (Fsp3) is 0.500.